The van der Waals surface area contributed by atoms with E-state index >= 15 is 0 Å². The quantitative estimate of drug-likeness (QED) is 0.739. The van der Waals surface area contributed by atoms with Crippen LogP contribution in [0.25, 0.3) is 0 Å². The van der Waals surface area contributed by atoms with Gasteiger partial charge in [-0.1, -0.05) is 0 Å². The third-order valence-electron chi connectivity index (χ3n) is 3.61. The van der Waals surface area contributed by atoms with Gasteiger partial charge in [0.05, 0.1) is 21.2 Å². The van der Waals surface area contributed by atoms with Crippen LogP contribution in [0.2, 0.25) is 0 Å². The normalized spacial score (nSPS) is 12.6. The molecule has 1 aromatic rings. The Morgan fingerprint density at radius 3 is 2.05 bits per heavy atom. The molecule has 0 fully saturated rings. The van der Waals surface area contributed by atoms with Crippen LogP contribution in [0.1, 0.15) is 40.2 Å². The van der Waals surface area contributed by atoms with Crippen LogP contribution in [0.5, 0.6) is 5.75 Å². The van der Waals surface area contributed by atoms with Crippen molar-refractivity contribution in [3.63, 3.8) is 0 Å². The Labute approximate surface area is 138 Å². The van der Waals surface area contributed by atoms with Crippen LogP contribution >= 0.6 is 31.9 Å². The lowest BCUT2D eigenvalue weighted by Gasteiger charge is -2.38. The summed E-state index contributed by atoms with van der Waals surface area (Å²) in [5, 5.41) is 13.5. The van der Waals surface area contributed by atoms with E-state index in [1.165, 1.54) is 0 Å². The molecule has 0 heterocycles. The van der Waals surface area contributed by atoms with Crippen LogP contribution < -0.4 is 10.1 Å². The van der Waals surface area contributed by atoms with Crippen molar-refractivity contribution in [3.8, 4) is 5.75 Å². The van der Waals surface area contributed by atoms with Crippen molar-refractivity contribution in [2.45, 2.75) is 52.3 Å². The highest BCUT2D eigenvalue weighted by Crippen LogP contribution is 2.35. The molecule has 0 aromatic heterocycles. The van der Waals surface area contributed by atoms with Gasteiger partial charge in [-0.05, 0) is 84.2 Å². The van der Waals surface area contributed by atoms with E-state index in [4.69, 9.17) is 4.74 Å². The van der Waals surface area contributed by atoms with Crippen LogP contribution in [0, 0.1) is 0 Å². The molecular formula is C15H23Br2NO2. The van der Waals surface area contributed by atoms with E-state index in [0.717, 1.165) is 20.3 Å². The minimum atomic E-state index is -0.799. The van der Waals surface area contributed by atoms with Crippen molar-refractivity contribution < 1.29 is 9.84 Å². The maximum Gasteiger partial charge on any atom is 0.147 e. The molecule has 20 heavy (non-hydrogen) atoms. The van der Waals surface area contributed by atoms with Crippen LogP contribution in [-0.2, 0) is 6.54 Å². The van der Waals surface area contributed by atoms with Gasteiger partial charge in [-0.15, -0.1) is 0 Å². The summed E-state index contributed by atoms with van der Waals surface area (Å²) in [6, 6.07) is 4.06. The molecule has 0 aliphatic carbocycles. The second kappa shape index (κ2) is 6.77. The van der Waals surface area contributed by atoms with Crippen molar-refractivity contribution in [1.29, 1.82) is 0 Å². The number of benzene rings is 1. The molecule has 0 saturated heterocycles. The Balaban J connectivity index is 2.85. The summed E-state index contributed by atoms with van der Waals surface area (Å²) >= 11 is 7.05. The molecular weight excluding hydrogens is 386 g/mol. The molecule has 3 nitrogen and oxygen atoms in total. The minimum Gasteiger partial charge on any atom is -0.492 e. The summed E-state index contributed by atoms with van der Waals surface area (Å²) in [6.45, 7) is 10.9. The first kappa shape index (κ1) is 18.0. The van der Waals surface area contributed by atoms with Crippen LogP contribution in [-0.4, -0.2) is 22.9 Å². The van der Waals surface area contributed by atoms with Gasteiger partial charge in [0, 0.05) is 12.1 Å². The van der Waals surface area contributed by atoms with Crippen LogP contribution in [0.15, 0.2) is 21.1 Å². The van der Waals surface area contributed by atoms with E-state index in [9.17, 15) is 5.11 Å². The molecule has 0 bridgehead atoms. The highest BCUT2D eigenvalue weighted by Gasteiger charge is 2.34. The van der Waals surface area contributed by atoms with Crippen molar-refractivity contribution in [3.05, 3.63) is 26.6 Å². The summed E-state index contributed by atoms with van der Waals surface area (Å²) in [6.07, 6.45) is 0. The average Bonchev–Trinajstić information content (AvgIpc) is 2.30. The lowest BCUT2D eigenvalue weighted by molar-refractivity contribution is -0.00532. The Morgan fingerprint density at radius 2 is 1.65 bits per heavy atom. The first-order chi connectivity index (χ1) is 9.08. The SMILES string of the molecule is CCOc1c(Br)cc(CNC(C)(C)C(C)(C)O)cc1Br. The van der Waals surface area contributed by atoms with Gasteiger partial charge in [-0.2, -0.15) is 0 Å². The number of halogens is 2. The third-order valence-corrected chi connectivity index (χ3v) is 4.79. The molecule has 5 heteroatoms. The lowest BCUT2D eigenvalue weighted by atomic mass is 9.86. The Bertz CT molecular complexity index is 444. The van der Waals surface area contributed by atoms with Gasteiger partial charge < -0.3 is 15.2 Å². The third kappa shape index (κ3) is 4.45. The van der Waals surface area contributed by atoms with Crippen LogP contribution in [0.4, 0.5) is 0 Å². The topological polar surface area (TPSA) is 41.5 Å². The van der Waals surface area contributed by atoms with Gasteiger partial charge in [0.2, 0.25) is 0 Å². The van der Waals surface area contributed by atoms with E-state index in [2.05, 4.69) is 37.2 Å². The fourth-order valence-electron chi connectivity index (χ4n) is 1.54. The van der Waals surface area contributed by atoms with Crippen molar-refractivity contribution >= 4 is 31.9 Å². The zero-order valence-corrected chi connectivity index (χ0v) is 15.9. The monoisotopic (exact) mass is 407 g/mol. The number of hydrogen-bond donors (Lipinski definition) is 2. The molecule has 0 radical (unpaired) electrons. The van der Waals surface area contributed by atoms with E-state index in [1.54, 1.807) is 0 Å². The predicted molar refractivity (Wildman–Crippen MR) is 90.2 cm³/mol. The van der Waals surface area contributed by atoms with Gasteiger partial charge in [0.15, 0.2) is 0 Å². The number of aliphatic hydroxyl groups is 1. The smallest absolute Gasteiger partial charge is 0.147 e. The molecule has 0 aliphatic heterocycles. The number of nitrogens with one attached hydrogen (secondary N) is 1. The molecule has 1 rings (SSSR count). The van der Waals surface area contributed by atoms with E-state index in [0.29, 0.717) is 13.2 Å². The minimum absolute atomic E-state index is 0.384. The second-order valence-corrected chi connectivity index (χ2v) is 7.57. The van der Waals surface area contributed by atoms with Gasteiger partial charge >= 0.3 is 0 Å². The van der Waals surface area contributed by atoms with Crippen LogP contribution in [0.3, 0.4) is 0 Å². The Hall–Kier alpha value is -0.100. The summed E-state index contributed by atoms with van der Waals surface area (Å²) in [5.41, 5.74) is -0.0680. The first-order valence-corrected chi connectivity index (χ1v) is 8.25. The summed E-state index contributed by atoms with van der Waals surface area (Å²) in [4.78, 5) is 0. The van der Waals surface area contributed by atoms with Gasteiger partial charge in [-0.3, -0.25) is 0 Å². The fraction of sp³-hybridized carbons (Fsp3) is 0.600. The Morgan fingerprint density at radius 1 is 1.15 bits per heavy atom. The van der Waals surface area contributed by atoms with Crippen molar-refractivity contribution in [1.82, 2.24) is 5.32 Å². The van der Waals surface area contributed by atoms with Gasteiger partial charge in [0.25, 0.3) is 0 Å². The van der Waals surface area contributed by atoms with Gasteiger partial charge in [-0.25, -0.2) is 0 Å². The molecule has 0 atom stereocenters. The highest BCUT2D eigenvalue weighted by molar-refractivity contribution is 9.11. The number of hydrogen-bond acceptors (Lipinski definition) is 3. The average molecular weight is 409 g/mol. The maximum absolute atomic E-state index is 10.1. The van der Waals surface area contributed by atoms with E-state index < -0.39 is 5.60 Å². The standard InChI is InChI=1S/C15H23Br2NO2/c1-6-20-13-11(16)7-10(8-12(13)17)9-18-14(2,3)15(4,5)19/h7-8,18-19H,6,9H2,1-5H3. The molecule has 0 spiro atoms. The molecule has 2 N–H and O–H groups in total. The summed E-state index contributed by atoms with van der Waals surface area (Å²) < 4.78 is 7.41. The first-order valence-electron chi connectivity index (χ1n) is 6.66. The zero-order valence-electron chi connectivity index (χ0n) is 12.7. The van der Waals surface area contributed by atoms with Crippen molar-refractivity contribution in [2.75, 3.05) is 6.61 Å². The summed E-state index contributed by atoms with van der Waals surface area (Å²) in [5.74, 6) is 0.818. The zero-order chi connectivity index (χ0) is 15.6. The van der Waals surface area contributed by atoms with E-state index in [1.807, 2.05) is 46.8 Å². The maximum atomic E-state index is 10.1. The fourth-order valence-corrected chi connectivity index (χ4v) is 3.05. The summed E-state index contributed by atoms with van der Waals surface area (Å²) in [7, 11) is 0. The number of ether oxygens (including phenoxy) is 1. The number of rotatable bonds is 6. The lowest BCUT2D eigenvalue weighted by Crippen LogP contribution is -2.55. The van der Waals surface area contributed by atoms with Gasteiger partial charge in [0.1, 0.15) is 5.75 Å². The molecule has 0 unspecified atom stereocenters. The van der Waals surface area contributed by atoms with Crippen molar-refractivity contribution in [2.24, 2.45) is 0 Å². The highest BCUT2D eigenvalue weighted by atomic mass is 79.9. The molecule has 0 saturated carbocycles. The molecule has 0 amide bonds. The largest absolute Gasteiger partial charge is 0.492 e. The Kier molecular flexibility index (Phi) is 6.08. The predicted octanol–water partition coefficient (Wildman–Crippen LogP) is 4.25. The molecule has 114 valence electrons. The second-order valence-electron chi connectivity index (χ2n) is 5.86. The molecule has 0 aliphatic rings. The van der Waals surface area contributed by atoms with E-state index in [-0.39, 0.29) is 5.54 Å². The molecule has 1 aromatic carbocycles.